The van der Waals surface area contributed by atoms with Crippen molar-refractivity contribution < 1.29 is 18.0 Å². The number of sulfonamides is 1. The molecule has 1 fully saturated rings. The number of hydrogen-bond donors (Lipinski definition) is 2. The van der Waals surface area contributed by atoms with Crippen LogP contribution in [0.15, 0.2) is 52.3 Å². The van der Waals surface area contributed by atoms with E-state index in [-0.39, 0.29) is 10.8 Å². The molecule has 1 atom stereocenters. The Kier molecular flexibility index (Phi) is 6.76. The molecule has 0 saturated carbocycles. The van der Waals surface area contributed by atoms with Crippen LogP contribution in [0.25, 0.3) is 0 Å². The molecule has 7 nitrogen and oxygen atoms in total. The molecule has 4 rings (SSSR count). The van der Waals surface area contributed by atoms with E-state index in [2.05, 4.69) is 10.0 Å². The van der Waals surface area contributed by atoms with E-state index in [0.29, 0.717) is 29.4 Å². The lowest BCUT2D eigenvalue weighted by molar-refractivity contribution is -0.133. The highest BCUT2D eigenvalue weighted by Crippen LogP contribution is 2.38. The fraction of sp³-hybridized carbons (Fsp3) is 0.391. The second-order valence-electron chi connectivity index (χ2n) is 8.04. The zero-order chi connectivity index (χ0) is 22.7. The van der Waals surface area contributed by atoms with Crippen LogP contribution in [0.3, 0.4) is 0 Å². The summed E-state index contributed by atoms with van der Waals surface area (Å²) in [6.07, 6.45) is 4.99. The molecule has 0 bridgehead atoms. The number of aryl methyl sites for hydroxylation is 1. The normalized spacial score (nSPS) is 19.0. The lowest BCUT2D eigenvalue weighted by Crippen LogP contribution is -2.45. The summed E-state index contributed by atoms with van der Waals surface area (Å²) < 4.78 is 28.3. The van der Waals surface area contributed by atoms with Crippen molar-refractivity contribution in [3.63, 3.8) is 0 Å². The summed E-state index contributed by atoms with van der Waals surface area (Å²) >= 11 is 1.18. The van der Waals surface area contributed by atoms with Gasteiger partial charge in [0.1, 0.15) is 0 Å². The second kappa shape index (κ2) is 9.54. The SMILES string of the molecule is CCc1ccc(NS(=O)(=O)c2ccc3c(c2)NC(=O)[C@@H](C(=O)N2CCCCCC2)S3)cc1. The van der Waals surface area contributed by atoms with Crippen LogP contribution in [0.4, 0.5) is 11.4 Å². The van der Waals surface area contributed by atoms with E-state index < -0.39 is 21.2 Å². The highest BCUT2D eigenvalue weighted by molar-refractivity contribution is 8.01. The van der Waals surface area contributed by atoms with Gasteiger partial charge in [-0.25, -0.2) is 8.42 Å². The quantitative estimate of drug-likeness (QED) is 0.643. The van der Waals surface area contributed by atoms with E-state index in [4.69, 9.17) is 0 Å². The van der Waals surface area contributed by atoms with Gasteiger partial charge >= 0.3 is 0 Å². The lowest BCUT2D eigenvalue weighted by atomic mass is 10.2. The Morgan fingerprint density at radius 2 is 1.78 bits per heavy atom. The van der Waals surface area contributed by atoms with Crippen LogP contribution in [-0.2, 0) is 26.0 Å². The molecule has 0 spiro atoms. The fourth-order valence-corrected chi connectivity index (χ4v) is 6.04. The Bertz CT molecular complexity index is 1110. The topological polar surface area (TPSA) is 95.6 Å². The van der Waals surface area contributed by atoms with Gasteiger partial charge in [-0.05, 0) is 55.2 Å². The molecule has 2 aromatic carbocycles. The first kappa shape index (κ1) is 22.7. The van der Waals surface area contributed by atoms with Gasteiger partial charge in [-0.15, -0.1) is 11.8 Å². The average Bonchev–Trinajstić information content (AvgIpc) is 3.08. The number of fused-ring (bicyclic) bond motifs is 1. The summed E-state index contributed by atoms with van der Waals surface area (Å²) in [7, 11) is -3.82. The van der Waals surface area contributed by atoms with E-state index in [1.807, 2.05) is 19.1 Å². The van der Waals surface area contributed by atoms with Crippen molar-refractivity contribution in [3.8, 4) is 0 Å². The number of amides is 2. The number of likely N-dealkylation sites (tertiary alicyclic amines) is 1. The Labute approximate surface area is 193 Å². The zero-order valence-corrected chi connectivity index (χ0v) is 19.6. The molecule has 2 heterocycles. The number of benzene rings is 2. The van der Waals surface area contributed by atoms with Gasteiger partial charge in [0.05, 0.1) is 10.6 Å². The highest BCUT2D eigenvalue weighted by Gasteiger charge is 2.36. The molecule has 2 amide bonds. The molecule has 9 heteroatoms. The third-order valence-corrected chi connectivity index (χ3v) is 8.40. The number of rotatable bonds is 5. The van der Waals surface area contributed by atoms with E-state index in [1.165, 1.54) is 23.9 Å². The van der Waals surface area contributed by atoms with E-state index in [9.17, 15) is 18.0 Å². The Morgan fingerprint density at radius 3 is 2.44 bits per heavy atom. The largest absolute Gasteiger partial charge is 0.341 e. The Balaban J connectivity index is 1.51. The van der Waals surface area contributed by atoms with Crippen molar-refractivity contribution in [3.05, 3.63) is 48.0 Å². The molecule has 32 heavy (non-hydrogen) atoms. The van der Waals surface area contributed by atoms with Gasteiger partial charge in [-0.2, -0.15) is 0 Å². The van der Waals surface area contributed by atoms with Gasteiger partial charge in [0, 0.05) is 23.7 Å². The molecular formula is C23H27N3O4S2. The summed E-state index contributed by atoms with van der Waals surface area (Å²) in [5.41, 5.74) is 2.00. The molecular weight excluding hydrogens is 446 g/mol. The standard InChI is InChI=1S/C23H27N3O4S2/c1-2-16-7-9-17(10-8-16)25-32(29,30)18-11-12-20-19(15-18)24-22(27)21(31-20)23(28)26-13-5-3-4-6-14-26/h7-12,15,21,25H,2-6,13-14H2,1H3,(H,24,27)/t21-/m0/s1. The highest BCUT2D eigenvalue weighted by atomic mass is 32.2. The van der Waals surface area contributed by atoms with Gasteiger partial charge in [0.25, 0.3) is 10.0 Å². The molecule has 2 aliphatic heterocycles. The van der Waals surface area contributed by atoms with Gasteiger partial charge in [0.2, 0.25) is 11.8 Å². The molecule has 170 valence electrons. The lowest BCUT2D eigenvalue weighted by Gasteiger charge is -2.28. The number of carbonyl (C=O) groups excluding carboxylic acids is 2. The first-order valence-electron chi connectivity index (χ1n) is 10.9. The van der Waals surface area contributed by atoms with Crippen molar-refractivity contribution in [2.24, 2.45) is 0 Å². The maximum absolute atomic E-state index is 12.9. The van der Waals surface area contributed by atoms with Crippen LogP contribution < -0.4 is 10.0 Å². The van der Waals surface area contributed by atoms with Crippen LogP contribution in [0.5, 0.6) is 0 Å². The summed E-state index contributed by atoms with van der Waals surface area (Å²) in [5, 5.41) is 1.89. The number of thioether (sulfide) groups is 1. The molecule has 0 aliphatic carbocycles. The third-order valence-electron chi connectivity index (χ3n) is 5.76. The van der Waals surface area contributed by atoms with Gasteiger partial charge in [-0.3, -0.25) is 14.3 Å². The molecule has 2 N–H and O–H groups in total. The molecule has 2 aromatic rings. The zero-order valence-electron chi connectivity index (χ0n) is 18.0. The first-order valence-corrected chi connectivity index (χ1v) is 13.3. The van der Waals surface area contributed by atoms with Crippen molar-refractivity contribution in [1.82, 2.24) is 4.90 Å². The fourth-order valence-electron chi connectivity index (χ4n) is 3.90. The van der Waals surface area contributed by atoms with Crippen LogP contribution in [0, 0.1) is 0 Å². The molecule has 0 radical (unpaired) electrons. The average molecular weight is 474 g/mol. The van der Waals surface area contributed by atoms with Gasteiger partial charge in [0.15, 0.2) is 5.25 Å². The minimum absolute atomic E-state index is 0.0500. The summed E-state index contributed by atoms with van der Waals surface area (Å²) in [6.45, 7) is 3.39. The van der Waals surface area contributed by atoms with E-state index in [1.54, 1.807) is 23.1 Å². The van der Waals surface area contributed by atoms with Crippen LogP contribution in [-0.4, -0.2) is 43.5 Å². The smallest absolute Gasteiger partial charge is 0.261 e. The van der Waals surface area contributed by atoms with Crippen LogP contribution >= 0.6 is 11.8 Å². The predicted octanol–water partition coefficient (Wildman–Crippen LogP) is 3.87. The number of nitrogens with zero attached hydrogens (tertiary/aromatic N) is 1. The maximum atomic E-state index is 12.9. The monoisotopic (exact) mass is 473 g/mol. The number of hydrogen-bond acceptors (Lipinski definition) is 5. The number of carbonyl (C=O) groups is 2. The van der Waals surface area contributed by atoms with E-state index >= 15 is 0 Å². The minimum atomic E-state index is -3.82. The van der Waals surface area contributed by atoms with Crippen molar-refractivity contribution in [2.75, 3.05) is 23.1 Å². The molecule has 1 saturated heterocycles. The summed E-state index contributed by atoms with van der Waals surface area (Å²) in [4.78, 5) is 28.1. The molecule has 0 unspecified atom stereocenters. The Hall–Kier alpha value is -2.52. The maximum Gasteiger partial charge on any atom is 0.261 e. The minimum Gasteiger partial charge on any atom is -0.341 e. The predicted molar refractivity (Wildman–Crippen MR) is 126 cm³/mol. The molecule has 2 aliphatic rings. The summed E-state index contributed by atoms with van der Waals surface area (Å²) in [6, 6.07) is 11.8. The van der Waals surface area contributed by atoms with Gasteiger partial charge in [-0.1, -0.05) is 31.9 Å². The number of nitrogens with one attached hydrogen (secondary N) is 2. The van der Waals surface area contributed by atoms with Crippen LogP contribution in [0.1, 0.15) is 38.2 Å². The van der Waals surface area contributed by atoms with Crippen molar-refractivity contribution >= 4 is 45.0 Å². The van der Waals surface area contributed by atoms with Crippen LogP contribution in [0.2, 0.25) is 0 Å². The summed E-state index contributed by atoms with van der Waals surface area (Å²) in [5.74, 6) is -0.580. The van der Waals surface area contributed by atoms with E-state index in [0.717, 1.165) is 37.7 Å². The molecule has 0 aromatic heterocycles. The number of anilines is 2. The van der Waals surface area contributed by atoms with Crippen molar-refractivity contribution in [1.29, 1.82) is 0 Å². The second-order valence-corrected chi connectivity index (χ2v) is 10.9. The first-order chi connectivity index (χ1) is 15.4. The van der Waals surface area contributed by atoms with Crippen molar-refractivity contribution in [2.45, 2.75) is 54.1 Å². The Morgan fingerprint density at radius 1 is 1.09 bits per heavy atom. The third kappa shape index (κ3) is 4.94. The van der Waals surface area contributed by atoms with Gasteiger partial charge < -0.3 is 10.2 Å².